The number of carboxylic acid groups (broad SMARTS) is 1. The molecule has 0 bridgehead atoms. The second-order valence-corrected chi connectivity index (χ2v) is 4.36. The highest BCUT2D eigenvalue weighted by atomic mass is 35.5. The average molecular weight is 279 g/mol. The van der Waals surface area contributed by atoms with E-state index in [-0.39, 0.29) is 10.6 Å². The van der Waals surface area contributed by atoms with E-state index in [4.69, 9.17) is 21.4 Å². The molecule has 2 aromatic rings. The van der Waals surface area contributed by atoms with Crippen molar-refractivity contribution in [2.45, 2.75) is 13.8 Å². The number of carboxylic acids is 1. The number of rotatable bonds is 3. The van der Waals surface area contributed by atoms with Gasteiger partial charge in [-0.05, 0) is 32.0 Å². The van der Waals surface area contributed by atoms with E-state index in [1.54, 1.807) is 20.0 Å². The van der Waals surface area contributed by atoms with Gasteiger partial charge in [0, 0.05) is 6.20 Å². The first kappa shape index (κ1) is 13.3. The van der Waals surface area contributed by atoms with E-state index < -0.39 is 5.97 Å². The van der Waals surface area contributed by atoms with Gasteiger partial charge in [-0.25, -0.2) is 9.78 Å². The molecule has 0 aliphatic carbocycles. The number of benzene rings is 1. The number of halogens is 1. The van der Waals surface area contributed by atoms with Crippen molar-refractivity contribution in [3.8, 4) is 11.6 Å². The predicted molar refractivity (Wildman–Crippen MR) is 70.0 cm³/mol. The lowest BCUT2D eigenvalue weighted by molar-refractivity contribution is 0.0697. The number of hydrogen-bond acceptors (Lipinski definition) is 4. The van der Waals surface area contributed by atoms with Crippen molar-refractivity contribution in [2.24, 2.45) is 0 Å². The zero-order valence-electron chi connectivity index (χ0n) is 10.3. The van der Waals surface area contributed by atoms with E-state index in [2.05, 4.69) is 9.97 Å². The van der Waals surface area contributed by atoms with Crippen molar-refractivity contribution in [1.29, 1.82) is 0 Å². The van der Waals surface area contributed by atoms with Gasteiger partial charge in [0.25, 0.3) is 0 Å². The minimum Gasteiger partial charge on any atom is -0.478 e. The van der Waals surface area contributed by atoms with Crippen molar-refractivity contribution >= 4 is 17.6 Å². The number of ether oxygens (including phenoxy) is 1. The van der Waals surface area contributed by atoms with Crippen LogP contribution in [0.2, 0.25) is 5.02 Å². The molecule has 1 heterocycles. The molecule has 5 nitrogen and oxygen atoms in total. The Morgan fingerprint density at radius 2 is 2.11 bits per heavy atom. The van der Waals surface area contributed by atoms with E-state index in [0.717, 1.165) is 5.69 Å². The third kappa shape index (κ3) is 3.00. The van der Waals surface area contributed by atoms with Crippen LogP contribution in [-0.4, -0.2) is 21.0 Å². The minimum absolute atomic E-state index is 0.101. The average Bonchev–Trinajstić information content (AvgIpc) is 2.36. The fraction of sp³-hybridized carbons (Fsp3) is 0.154. The topological polar surface area (TPSA) is 72.3 Å². The van der Waals surface area contributed by atoms with Crippen molar-refractivity contribution in [3.63, 3.8) is 0 Å². The molecule has 0 fully saturated rings. The van der Waals surface area contributed by atoms with Gasteiger partial charge in [-0.15, -0.1) is 0 Å². The van der Waals surface area contributed by atoms with E-state index in [0.29, 0.717) is 17.3 Å². The van der Waals surface area contributed by atoms with E-state index in [1.807, 2.05) is 0 Å². The standard InChI is InChI=1S/C13H11ClN2O3/c1-7-6-15-8(2)12(16-7)19-11-4-3-9(13(17)18)5-10(11)14/h3-6H,1-2H3,(H,17,18). The van der Waals surface area contributed by atoms with E-state index >= 15 is 0 Å². The van der Waals surface area contributed by atoms with Crippen LogP contribution in [0.25, 0.3) is 0 Å². The molecule has 0 unspecified atom stereocenters. The Balaban J connectivity index is 2.33. The summed E-state index contributed by atoms with van der Waals surface area (Å²) in [5, 5.41) is 9.06. The van der Waals surface area contributed by atoms with Crippen molar-refractivity contribution in [1.82, 2.24) is 9.97 Å². The maximum atomic E-state index is 10.8. The maximum absolute atomic E-state index is 10.8. The summed E-state index contributed by atoms with van der Waals surface area (Å²) in [5.41, 5.74) is 1.45. The molecule has 0 aliphatic heterocycles. The highest BCUT2D eigenvalue weighted by Gasteiger charge is 2.11. The quantitative estimate of drug-likeness (QED) is 0.933. The van der Waals surface area contributed by atoms with Gasteiger partial charge in [-0.2, -0.15) is 0 Å². The van der Waals surface area contributed by atoms with Crippen LogP contribution in [0.3, 0.4) is 0 Å². The van der Waals surface area contributed by atoms with Crippen LogP contribution in [0, 0.1) is 13.8 Å². The number of aromatic carboxylic acids is 1. The molecule has 1 N–H and O–H groups in total. The number of hydrogen-bond donors (Lipinski definition) is 1. The van der Waals surface area contributed by atoms with Gasteiger partial charge in [0.1, 0.15) is 5.75 Å². The number of carbonyl (C=O) groups is 1. The van der Waals surface area contributed by atoms with Crippen molar-refractivity contribution in [3.05, 3.63) is 46.4 Å². The van der Waals surface area contributed by atoms with Gasteiger partial charge >= 0.3 is 5.97 Å². The Morgan fingerprint density at radius 3 is 2.74 bits per heavy atom. The van der Waals surface area contributed by atoms with Crippen LogP contribution in [-0.2, 0) is 0 Å². The third-order valence-electron chi connectivity index (χ3n) is 2.42. The van der Waals surface area contributed by atoms with Gasteiger partial charge in [-0.3, -0.25) is 4.98 Å². The second-order valence-electron chi connectivity index (χ2n) is 3.95. The summed E-state index contributed by atoms with van der Waals surface area (Å²) >= 11 is 5.98. The van der Waals surface area contributed by atoms with Gasteiger partial charge < -0.3 is 9.84 Å². The molecule has 0 spiro atoms. The van der Waals surface area contributed by atoms with Crippen LogP contribution in [0.15, 0.2) is 24.4 Å². The molecule has 0 atom stereocenters. The maximum Gasteiger partial charge on any atom is 0.335 e. The Morgan fingerprint density at radius 1 is 1.37 bits per heavy atom. The Kier molecular flexibility index (Phi) is 3.66. The molecule has 6 heteroatoms. The molecule has 1 aromatic heterocycles. The van der Waals surface area contributed by atoms with Crippen LogP contribution in [0.1, 0.15) is 21.7 Å². The van der Waals surface area contributed by atoms with Crippen LogP contribution >= 0.6 is 11.6 Å². The molecule has 0 radical (unpaired) electrons. The fourth-order valence-electron chi connectivity index (χ4n) is 1.43. The second kappa shape index (κ2) is 5.24. The Hall–Kier alpha value is -2.14. The molecule has 0 amide bonds. The van der Waals surface area contributed by atoms with Gasteiger partial charge in [-0.1, -0.05) is 11.6 Å². The fourth-order valence-corrected chi connectivity index (χ4v) is 1.65. The minimum atomic E-state index is -1.04. The molecular formula is C13H11ClN2O3. The molecule has 0 saturated heterocycles. The van der Waals surface area contributed by atoms with Crippen molar-refractivity contribution < 1.29 is 14.6 Å². The SMILES string of the molecule is Cc1cnc(C)c(Oc2ccc(C(=O)O)cc2Cl)n1. The normalized spacial score (nSPS) is 10.3. The summed E-state index contributed by atoms with van der Waals surface area (Å²) in [4.78, 5) is 19.1. The third-order valence-corrected chi connectivity index (χ3v) is 2.71. The highest BCUT2D eigenvalue weighted by Crippen LogP contribution is 2.30. The molecule has 0 saturated carbocycles. The predicted octanol–water partition coefficient (Wildman–Crippen LogP) is 3.24. The van der Waals surface area contributed by atoms with Crippen LogP contribution in [0.4, 0.5) is 0 Å². The summed E-state index contributed by atoms with van der Waals surface area (Å²) < 4.78 is 5.56. The summed E-state index contributed by atoms with van der Waals surface area (Å²) in [7, 11) is 0. The molecule has 2 rings (SSSR count). The molecule has 0 aliphatic rings. The molecular weight excluding hydrogens is 268 g/mol. The summed E-state index contributed by atoms with van der Waals surface area (Å²) in [6.45, 7) is 3.57. The van der Waals surface area contributed by atoms with Gasteiger partial charge in [0.2, 0.25) is 5.88 Å². The molecule has 1 aromatic carbocycles. The number of aryl methyl sites for hydroxylation is 2. The van der Waals surface area contributed by atoms with Gasteiger partial charge in [0.15, 0.2) is 0 Å². The smallest absolute Gasteiger partial charge is 0.335 e. The Bertz CT molecular complexity index is 644. The zero-order valence-corrected chi connectivity index (χ0v) is 11.1. The van der Waals surface area contributed by atoms with Crippen LogP contribution in [0.5, 0.6) is 11.6 Å². The summed E-state index contributed by atoms with van der Waals surface area (Å²) in [6.07, 6.45) is 1.64. The number of aromatic nitrogens is 2. The lowest BCUT2D eigenvalue weighted by Gasteiger charge is -2.09. The highest BCUT2D eigenvalue weighted by molar-refractivity contribution is 6.32. The van der Waals surface area contributed by atoms with Crippen molar-refractivity contribution in [2.75, 3.05) is 0 Å². The van der Waals surface area contributed by atoms with E-state index in [9.17, 15) is 4.79 Å². The van der Waals surface area contributed by atoms with Crippen LogP contribution < -0.4 is 4.74 Å². The van der Waals surface area contributed by atoms with E-state index in [1.165, 1.54) is 18.2 Å². The lowest BCUT2D eigenvalue weighted by Crippen LogP contribution is -1.98. The first-order valence-corrected chi connectivity index (χ1v) is 5.86. The first-order valence-electron chi connectivity index (χ1n) is 5.48. The largest absolute Gasteiger partial charge is 0.478 e. The first-order chi connectivity index (χ1) is 8.97. The lowest BCUT2D eigenvalue weighted by atomic mass is 10.2. The van der Waals surface area contributed by atoms with Gasteiger partial charge in [0.05, 0.1) is 22.0 Å². The monoisotopic (exact) mass is 278 g/mol. The summed E-state index contributed by atoms with van der Waals surface area (Å²) in [5.74, 6) is -0.348. The molecule has 98 valence electrons. The number of nitrogens with zero attached hydrogens (tertiary/aromatic N) is 2. The summed E-state index contributed by atoms with van der Waals surface area (Å²) in [6, 6.07) is 4.25. The molecule has 19 heavy (non-hydrogen) atoms. The zero-order chi connectivity index (χ0) is 14.0. The Labute approximate surface area is 114 Å².